The van der Waals surface area contributed by atoms with E-state index in [0.717, 1.165) is 11.1 Å². The maximum absolute atomic E-state index is 11.1. The first-order valence-corrected chi connectivity index (χ1v) is 5.90. The van der Waals surface area contributed by atoms with E-state index in [2.05, 4.69) is 4.98 Å². The number of carbonyl (C=O) groups is 1. The molecule has 0 radical (unpaired) electrons. The maximum atomic E-state index is 11.1. The number of hydrogen-bond donors (Lipinski definition) is 1. The van der Waals surface area contributed by atoms with Crippen LogP contribution < -0.4 is 5.73 Å². The van der Waals surface area contributed by atoms with Crippen molar-refractivity contribution in [3.63, 3.8) is 0 Å². The van der Waals surface area contributed by atoms with Gasteiger partial charge < -0.3 is 10.2 Å². The van der Waals surface area contributed by atoms with Gasteiger partial charge in [0, 0.05) is 0 Å². The van der Waals surface area contributed by atoms with E-state index in [1.165, 1.54) is 11.8 Å². The summed E-state index contributed by atoms with van der Waals surface area (Å²) in [6.07, 6.45) is 0.665. The average Bonchev–Trinajstić information content (AvgIpc) is 2.67. The molecule has 1 aromatic carbocycles. The van der Waals surface area contributed by atoms with Gasteiger partial charge in [0.15, 0.2) is 5.58 Å². The molecule has 2 rings (SSSR count). The zero-order valence-corrected chi connectivity index (χ0v) is 9.66. The Morgan fingerprint density at radius 2 is 2.31 bits per heavy atom. The van der Waals surface area contributed by atoms with Crippen molar-refractivity contribution in [2.75, 3.05) is 0 Å². The summed E-state index contributed by atoms with van der Waals surface area (Å²) in [6.45, 7) is 1.91. The fraction of sp³-hybridized carbons (Fsp3) is 0.273. The third-order valence-corrected chi connectivity index (χ3v) is 3.43. The Kier molecular flexibility index (Phi) is 3.14. The van der Waals surface area contributed by atoms with Gasteiger partial charge in [0.05, 0.1) is 5.25 Å². The molecule has 1 amide bonds. The highest BCUT2D eigenvalue weighted by atomic mass is 32.2. The van der Waals surface area contributed by atoms with Crippen LogP contribution in [-0.2, 0) is 4.79 Å². The van der Waals surface area contributed by atoms with Crippen LogP contribution in [0.2, 0.25) is 0 Å². The van der Waals surface area contributed by atoms with Crippen molar-refractivity contribution in [1.82, 2.24) is 4.98 Å². The average molecular weight is 236 g/mol. The van der Waals surface area contributed by atoms with Gasteiger partial charge in [0.25, 0.3) is 5.22 Å². The number of amides is 1. The summed E-state index contributed by atoms with van der Waals surface area (Å²) in [5, 5.41) is 0.208. The molecule has 5 heteroatoms. The van der Waals surface area contributed by atoms with Crippen molar-refractivity contribution >= 4 is 28.8 Å². The van der Waals surface area contributed by atoms with Crippen LogP contribution in [0.3, 0.4) is 0 Å². The molecule has 16 heavy (non-hydrogen) atoms. The van der Waals surface area contributed by atoms with Gasteiger partial charge in [0.2, 0.25) is 5.91 Å². The number of para-hydroxylation sites is 2. The predicted octanol–water partition coefficient (Wildman–Crippen LogP) is 2.18. The molecular weight excluding hydrogens is 224 g/mol. The van der Waals surface area contributed by atoms with Crippen LogP contribution in [0.5, 0.6) is 0 Å². The van der Waals surface area contributed by atoms with E-state index in [1.54, 1.807) is 0 Å². The van der Waals surface area contributed by atoms with Crippen LogP contribution in [0.25, 0.3) is 11.1 Å². The summed E-state index contributed by atoms with van der Waals surface area (Å²) in [4.78, 5) is 15.4. The Labute approximate surface area is 97.2 Å². The standard InChI is InChI=1S/C11H12N2O2S/c1-2-9(10(12)14)16-11-13-7-5-3-4-6-8(7)15-11/h3-6,9H,2H2,1H3,(H2,12,14)/t9-/m1/s1. The number of primary amides is 1. The van der Waals surface area contributed by atoms with Crippen molar-refractivity contribution in [3.8, 4) is 0 Å². The van der Waals surface area contributed by atoms with Crippen molar-refractivity contribution in [1.29, 1.82) is 0 Å². The molecule has 0 unspecified atom stereocenters. The van der Waals surface area contributed by atoms with Crippen LogP contribution in [0.4, 0.5) is 0 Å². The number of aromatic nitrogens is 1. The molecule has 84 valence electrons. The second-order valence-electron chi connectivity index (χ2n) is 3.36. The van der Waals surface area contributed by atoms with Crippen LogP contribution >= 0.6 is 11.8 Å². The molecule has 0 aliphatic rings. The molecule has 0 saturated carbocycles. The first-order valence-electron chi connectivity index (χ1n) is 5.02. The second kappa shape index (κ2) is 4.57. The highest BCUT2D eigenvalue weighted by Gasteiger charge is 2.17. The molecule has 0 aliphatic carbocycles. The smallest absolute Gasteiger partial charge is 0.257 e. The number of nitrogens with two attached hydrogens (primary N) is 1. The molecule has 0 bridgehead atoms. The minimum absolute atomic E-state index is 0.284. The van der Waals surface area contributed by atoms with Crippen molar-refractivity contribution < 1.29 is 9.21 Å². The summed E-state index contributed by atoms with van der Waals surface area (Å²) in [5.41, 5.74) is 6.78. The van der Waals surface area contributed by atoms with Gasteiger partial charge in [-0.25, -0.2) is 4.98 Å². The van der Waals surface area contributed by atoms with E-state index in [0.29, 0.717) is 11.6 Å². The minimum Gasteiger partial charge on any atom is -0.431 e. The summed E-state index contributed by atoms with van der Waals surface area (Å²) in [6, 6.07) is 7.49. The van der Waals surface area contributed by atoms with Crippen molar-refractivity contribution in [3.05, 3.63) is 24.3 Å². The molecule has 1 aromatic heterocycles. The van der Waals surface area contributed by atoms with Crippen LogP contribution in [0, 0.1) is 0 Å². The number of benzene rings is 1. The lowest BCUT2D eigenvalue weighted by molar-refractivity contribution is -0.117. The highest BCUT2D eigenvalue weighted by molar-refractivity contribution is 8.00. The Balaban J connectivity index is 2.24. The molecule has 1 heterocycles. The summed E-state index contributed by atoms with van der Waals surface area (Å²) in [7, 11) is 0. The highest BCUT2D eigenvalue weighted by Crippen LogP contribution is 2.27. The van der Waals surface area contributed by atoms with Crippen molar-refractivity contribution in [2.45, 2.75) is 23.8 Å². The molecule has 0 fully saturated rings. The number of nitrogens with zero attached hydrogens (tertiary/aromatic N) is 1. The van der Waals surface area contributed by atoms with Gasteiger partial charge in [-0.1, -0.05) is 30.8 Å². The minimum atomic E-state index is -0.338. The van der Waals surface area contributed by atoms with Gasteiger partial charge in [-0.15, -0.1) is 0 Å². The Bertz CT molecular complexity index is 476. The summed E-state index contributed by atoms with van der Waals surface area (Å²) in [5.74, 6) is -0.338. The molecular formula is C11H12N2O2S. The molecule has 2 N–H and O–H groups in total. The monoisotopic (exact) mass is 236 g/mol. The third-order valence-electron chi connectivity index (χ3n) is 2.21. The molecule has 0 spiro atoms. The maximum Gasteiger partial charge on any atom is 0.257 e. The topological polar surface area (TPSA) is 69.1 Å². The number of carbonyl (C=O) groups excluding carboxylic acids is 1. The van der Waals surface area contributed by atoms with Gasteiger partial charge in [-0.3, -0.25) is 4.79 Å². The number of thioether (sulfide) groups is 1. The molecule has 0 saturated heterocycles. The van der Waals surface area contributed by atoms with Crippen LogP contribution in [0.15, 0.2) is 33.9 Å². The quantitative estimate of drug-likeness (QED) is 0.826. The van der Waals surface area contributed by atoms with Gasteiger partial charge >= 0.3 is 0 Å². The predicted molar refractivity (Wildman–Crippen MR) is 63.1 cm³/mol. The van der Waals surface area contributed by atoms with Crippen molar-refractivity contribution in [2.24, 2.45) is 5.73 Å². The van der Waals surface area contributed by atoms with E-state index in [4.69, 9.17) is 10.2 Å². The van der Waals surface area contributed by atoms with E-state index in [1.807, 2.05) is 31.2 Å². The van der Waals surface area contributed by atoms with E-state index < -0.39 is 0 Å². The Hall–Kier alpha value is -1.49. The van der Waals surface area contributed by atoms with Gasteiger partial charge in [-0.2, -0.15) is 0 Å². The first kappa shape index (κ1) is 11.0. The fourth-order valence-electron chi connectivity index (χ4n) is 1.37. The lowest BCUT2D eigenvalue weighted by atomic mass is 10.3. The third kappa shape index (κ3) is 2.19. The molecule has 1 atom stereocenters. The Morgan fingerprint density at radius 3 is 2.94 bits per heavy atom. The summed E-state index contributed by atoms with van der Waals surface area (Å²) >= 11 is 1.27. The normalized spacial score (nSPS) is 12.8. The van der Waals surface area contributed by atoms with E-state index in [-0.39, 0.29) is 11.2 Å². The number of fused-ring (bicyclic) bond motifs is 1. The summed E-state index contributed by atoms with van der Waals surface area (Å²) < 4.78 is 5.49. The second-order valence-corrected chi connectivity index (χ2v) is 4.52. The number of hydrogen-bond acceptors (Lipinski definition) is 4. The SMILES string of the molecule is CC[C@@H](Sc1nc2ccccc2o1)C(N)=O. The lowest BCUT2D eigenvalue weighted by Gasteiger charge is -2.05. The van der Waals surface area contributed by atoms with Crippen LogP contribution in [-0.4, -0.2) is 16.1 Å². The van der Waals surface area contributed by atoms with Gasteiger partial charge in [0.1, 0.15) is 5.52 Å². The van der Waals surface area contributed by atoms with Gasteiger partial charge in [-0.05, 0) is 18.6 Å². The lowest BCUT2D eigenvalue weighted by Crippen LogP contribution is -2.24. The zero-order valence-electron chi connectivity index (χ0n) is 8.84. The largest absolute Gasteiger partial charge is 0.431 e. The zero-order chi connectivity index (χ0) is 11.5. The van der Waals surface area contributed by atoms with E-state index in [9.17, 15) is 4.79 Å². The number of oxazole rings is 1. The fourth-order valence-corrected chi connectivity index (χ4v) is 2.18. The number of rotatable bonds is 4. The van der Waals surface area contributed by atoms with E-state index >= 15 is 0 Å². The first-order chi connectivity index (χ1) is 7.70. The molecule has 0 aliphatic heterocycles. The van der Waals surface area contributed by atoms with Crippen LogP contribution in [0.1, 0.15) is 13.3 Å². The molecule has 2 aromatic rings. The molecule has 4 nitrogen and oxygen atoms in total. The Morgan fingerprint density at radius 1 is 1.56 bits per heavy atom.